The number of nitrogens with one attached hydrogen (secondary N) is 1. The maximum atomic E-state index is 5.92. The van der Waals surface area contributed by atoms with Gasteiger partial charge in [0, 0.05) is 5.39 Å². The van der Waals surface area contributed by atoms with E-state index in [2.05, 4.69) is 31.3 Å². The fourth-order valence-electron chi connectivity index (χ4n) is 2.00. The lowest BCUT2D eigenvalue weighted by molar-refractivity contribution is 0.336. The molecule has 2 aromatic rings. The van der Waals surface area contributed by atoms with Crippen molar-refractivity contribution in [3.05, 3.63) is 30.0 Å². The van der Waals surface area contributed by atoms with Crippen molar-refractivity contribution >= 4 is 11.0 Å². The van der Waals surface area contributed by atoms with E-state index < -0.39 is 0 Å². The monoisotopic (exact) mass is 247 g/mol. The first-order chi connectivity index (χ1) is 8.76. The summed E-state index contributed by atoms with van der Waals surface area (Å²) in [5, 5.41) is 4.52. The Hall–Kier alpha value is -1.48. The summed E-state index contributed by atoms with van der Waals surface area (Å²) in [6.07, 6.45) is 1.12. The summed E-state index contributed by atoms with van der Waals surface area (Å²) >= 11 is 0. The molecule has 0 fully saturated rings. The van der Waals surface area contributed by atoms with Crippen LogP contribution < -0.4 is 10.1 Å². The van der Waals surface area contributed by atoms with Crippen LogP contribution in [-0.2, 0) is 0 Å². The average Bonchev–Trinajstić information content (AvgIpc) is 2.81. The lowest BCUT2D eigenvalue weighted by Gasteiger charge is -2.09. The molecule has 3 nitrogen and oxygen atoms in total. The molecule has 1 N–H and O–H groups in total. The predicted molar refractivity (Wildman–Crippen MR) is 74.1 cm³/mol. The van der Waals surface area contributed by atoms with Gasteiger partial charge in [0.25, 0.3) is 0 Å². The Labute approximate surface area is 108 Å². The number of hydrogen-bond donors (Lipinski definition) is 1. The highest BCUT2D eigenvalue weighted by Gasteiger charge is 2.13. The summed E-state index contributed by atoms with van der Waals surface area (Å²) in [6, 6.07) is 8.31. The Bertz CT molecular complexity index is 504. The van der Waals surface area contributed by atoms with Gasteiger partial charge in [0.15, 0.2) is 11.3 Å². The van der Waals surface area contributed by atoms with Gasteiger partial charge in [-0.3, -0.25) is 0 Å². The number of furan rings is 1. The second-order valence-electron chi connectivity index (χ2n) is 4.43. The summed E-state index contributed by atoms with van der Waals surface area (Å²) in [5.74, 6) is 1.79. The van der Waals surface area contributed by atoms with Gasteiger partial charge in [-0.2, -0.15) is 0 Å². The number of ether oxygens (including phenoxy) is 1. The molecule has 1 heterocycles. The fraction of sp³-hybridized carbons (Fsp3) is 0.467. The third kappa shape index (κ3) is 2.67. The number of benzene rings is 1. The van der Waals surface area contributed by atoms with Gasteiger partial charge in [0.2, 0.25) is 0 Å². The van der Waals surface area contributed by atoms with E-state index in [1.54, 1.807) is 0 Å². The minimum absolute atomic E-state index is 0.229. The van der Waals surface area contributed by atoms with E-state index in [0.717, 1.165) is 35.4 Å². The number of para-hydroxylation sites is 1. The fourth-order valence-corrected chi connectivity index (χ4v) is 2.00. The lowest BCUT2D eigenvalue weighted by atomic mass is 10.2. The minimum atomic E-state index is 0.229. The Morgan fingerprint density at radius 2 is 2.17 bits per heavy atom. The maximum absolute atomic E-state index is 5.92. The zero-order valence-electron chi connectivity index (χ0n) is 11.3. The van der Waals surface area contributed by atoms with Crippen LogP contribution in [0.5, 0.6) is 5.75 Å². The first-order valence-corrected chi connectivity index (χ1v) is 6.64. The molecule has 18 heavy (non-hydrogen) atoms. The molecule has 0 saturated heterocycles. The molecule has 1 unspecified atom stereocenters. The lowest BCUT2D eigenvalue weighted by Crippen LogP contribution is -2.18. The highest BCUT2D eigenvalue weighted by Crippen LogP contribution is 2.31. The van der Waals surface area contributed by atoms with Crippen LogP contribution in [0.4, 0.5) is 0 Å². The third-order valence-corrected chi connectivity index (χ3v) is 2.95. The van der Waals surface area contributed by atoms with Gasteiger partial charge in [0.05, 0.1) is 12.6 Å². The van der Waals surface area contributed by atoms with Crippen molar-refractivity contribution in [2.45, 2.75) is 33.2 Å². The standard InChI is InChI=1S/C15H21NO2/c1-4-9-16-11(3)14-10-12-7-6-8-13(17-5-2)15(12)18-14/h6-8,10-11,16H,4-5,9H2,1-3H3. The summed E-state index contributed by atoms with van der Waals surface area (Å²) in [6.45, 7) is 7.91. The summed E-state index contributed by atoms with van der Waals surface area (Å²) in [7, 11) is 0. The van der Waals surface area contributed by atoms with Gasteiger partial charge in [0.1, 0.15) is 5.76 Å². The number of fused-ring (bicyclic) bond motifs is 1. The molecule has 3 heteroatoms. The molecular weight excluding hydrogens is 226 g/mol. The Morgan fingerprint density at radius 1 is 1.33 bits per heavy atom. The van der Waals surface area contributed by atoms with E-state index in [1.807, 2.05) is 19.1 Å². The molecule has 0 saturated carbocycles. The molecule has 0 aliphatic carbocycles. The smallest absolute Gasteiger partial charge is 0.176 e. The van der Waals surface area contributed by atoms with Crippen molar-refractivity contribution in [2.75, 3.05) is 13.2 Å². The Kier molecular flexibility index (Phi) is 4.26. The second kappa shape index (κ2) is 5.91. The predicted octanol–water partition coefficient (Wildman–Crippen LogP) is 3.89. The van der Waals surface area contributed by atoms with E-state index in [9.17, 15) is 0 Å². The molecule has 1 atom stereocenters. The van der Waals surface area contributed by atoms with Crippen molar-refractivity contribution in [3.63, 3.8) is 0 Å². The summed E-state index contributed by atoms with van der Waals surface area (Å²) in [4.78, 5) is 0. The van der Waals surface area contributed by atoms with E-state index >= 15 is 0 Å². The second-order valence-corrected chi connectivity index (χ2v) is 4.43. The molecule has 98 valence electrons. The largest absolute Gasteiger partial charge is 0.490 e. The molecular formula is C15H21NO2. The highest BCUT2D eigenvalue weighted by atomic mass is 16.5. The Morgan fingerprint density at radius 3 is 2.89 bits per heavy atom. The molecule has 1 aromatic heterocycles. The third-order valence-electron chi connectivity index (χ3n) is 2.95. The van der Waals surface area contributed by atoms with Crippen LogP contribution in [-0.4, -0.2) is 13.2 Å². The molecule has 0 amide bonds. The van der Waals surface area contributed by atoms with Gasteiger partial charge in [-0.05, 0) is 38.9 Å². The molecule has 2 rings (SSSR count). The SMILES string of the molecule is CCCNC(C)c1cc2cccc(OCC)c2o1. The van der Waals surface area contributed by atoms with Crippen molar-refractivity contribution in [1.29, 1.82) is 0 Å². The van der Waals surface area contributed by atoms with Gasteiger partial charge in [-0.15, -0.1) is 0 Å². The van der Waals surface area contributed by atoms with Gasteiger partial charge >= 0.3 is 0 Å². The molecule has 1 aromatic carbocycles. The van der Waals surface area contributed by atoms with E-state index in [-0.39, 0.29) is 6.04 Å². The normalized spacial score (nSPS) is 12.8. The number of rotatable bonds is 6. The van der Waals surface area contributed by atoms with Crippen LogP contribution in [0.3, 0.4) is 0 Å². The molecule has 0 aliphatic rings. The van der Waals surface area contributed by atoms with Crippen LogP contribution in [0.15, 0.2) is 28.7 Å². The van der Waals surface area contributed by atoms with Crippen molar-refractivity contribution in [2.24, 2.45) is 0 Å². The van der Waals surface area contributed by atoms with Gasteiger partial charge in [-0.1, -0.05) is 19.1 Å². The van der Waals surface area contributed by atoms with E-state index in [4.69, 9.17) is 9.15 Å². The number of hydrogen-bond acceptors (Lipinski definition) is 3. The van der Waals surface area contributed by atoms with Crippen molar-refractivity contribution in [3.8, 4) is 5.75 Å². The zero-order chi connectivity index (χ0) is 13.0. The van der Waals surface area contributed by atoms with Crippen LogP contribution in [0, 0.1) is 0 Å². The molecule has 0 aliphatic heterocycles. The minimum Gasteiger partial charge on any atom is -0.490 e. The molecule has 0 bridgehead atoms. The zero-order valence-corrected chi connectivity index (χ0v) is 11.3. The molecule has 0 spiro atoms. The Balaban J connectivity index is 2.28. The van der Waals surface area contributed by atoms with Crippen LogP contribution in [0.2, 0.25) is 0 Å². The highest BCUT2D eigenvalue weighted by molar-refractivity contribution is 5.83. The topological polar surface area (TPSA) is 34.4 Å². The average molecular weight is 247 g/mol. The van der Waals surface area contributed by atoms with E-state index in [1.165, 1.54) is 0 Å². The van der Waals surface area contributed by atoms with Crippen LogP contribution in [0.1, 0.15) is 39.0 Å². The first-order valence-electron chi connectivity index (χ1n) is 6.64. The van der Waals surface area contributed by atoms with Crippen molar-refractivity contribution < 1.29 is 9.15 Å². The molecule has 0 radical (unpaired) electrons. The van der Waals surface area contributed by atoms with Crippen molar-refractivity contribution in [1.82, 2.24) is 5.32 Å². The summed E-state index contributed by atoms with van der Waals surface area (Å²) in [5.41, 5.74) is 0.847. The van der Waals surface area contributed by atoms with E-state index in [0.29, 0.717) is 6.61 Å². The van der Waals surface area contributed by atoms with Crippen LogP contribution >= 0.6 is 0 Å². The maximum Gasteiger partial charge on any atom is 0.176 e. The van der Waals surface area contributed by atoms with Gasteiger partial charge < -0.3 is 14.5 Å². The quantitative estimate of drug-likeness (QED) is 0.840. The van der Waals surface area contributed by atoms with Gasteiger partial charge in [-0.25, -0.2) is 0 Å². The van der Waals surface area contributed by atoms with Crippen LogP contribution in [0.25, 0.3) is 11.0 Å². The summed E-state index contributed by atoms with van der Waals surface area (Å²) < 4.78 is 11.5. The first kappa shape index (κ1) is 13.0.